The SMILES string of the molecule is CC.CC.CC.CC[N-]C(=O)N(C)CC.[Rb+]. The third-order valence-corrected chi connectivity index (χ3v) is 1.09. The molecule has 0 aliphatic rings. The van der Waals surface area contributed by atoms with Gasteiger partial charge in [-0.3, -0.25) is 4.79 Å². The van der Waals surface area contributed by atoms with E-state index in [4.69, 9.17) is 0 Å². The molecule has 0 unspecified atom stereocenters. The predicted octanol–water partition coefficient (Wildman–Crippen LogP) is 1.53. The maximum atomic E-state index is 10.7. The number of urea groups is 1. The fourth-order valence-corrected chi connectivity index (χ4v) is 0.391. The first kappa shape index (κ1) is 30.3. The normalized spacial score (nSPS) is 6.06. The van der Waals surface area contributed by atoms with Crippen molar-refractivity contribution in [3.05, 3.63) is 5.32 Å². The number of carbonyl (C=O) groups excluding carboxylic acids is 1. The predicted molar refractivity (Wildman–Crippen MR) is 71.6 cm³/mol. The summed E-state index contributed by atoms with van der Waals surface area (Å²) in [5.74, 6) is 0. The van der Waals surface area contributed by atoms with E-state index in [1.54, 1.807) is 11.9 Å². The van der Waals surface area contributed by atoms with E-state index >= 15 is 0 Å². The minimum absolute atomic E-state index is 0. The van der Waals surface area contributed by atoms with E-state index in [0.717, 1.165) is 6.54 Å². The molecule has 0 aromatic heterocycles. The van der Waals surface area contributed by atoms with Gasteiger partial charge in [-0.2, -0.15) is 0 Å². The van der Waals surface area contributed by atoms with Crippen molar-refractivity contribution in [1.29, 1.82) is 0 Å². The van der Waals surface area contributed by atoms with Gasteiger partial charge >= 0.3 is 58.2 Å². The van der Waals surface area contributed by atoms with E-state index in [0.29, 0.717) is 6.54 Å². The molecule has 2 amide bonds. The van der Waals surface area contributed by atoms with Crippen LogP contribution in [0.5, 0.6) is 0 Å². The van der Waals surface area contributed by atoms with Gasteiger partial charge in [0.1, 0.15) is 0 Å². The van der Waals surface area contributed by atoms with E-state index in [9.17, 15) is 4.79 Å². The Hall–Kier alpha value is 1.08. The number of carbonyl (C=O) groups is 1. The maximum Gasteiger partial charge on any atom is 1.00 e. The van der Waals surface area contributed by atoms with Crippen molar-refractivity contribution in [2.75, 3.05) is 20.1 Å². The molecule has 4 heteroatoms. The van der Waals surface area contributed by atoms with Gasteiger partial charge in [0.15, 0.2) is 6.03 Å². The van der Waals surface area contributed by atoms with Crippen LogP contribution < -0.4 is 58.2 Å². The maximum absolute atomic E-state index is 10.7. The number of rotatable bonds is 2. The van der Waals surface area contributed by atoms with Gasteiger partial charge in [-0.15, -0.1) is 0 Å². The topological polar surface area (TPSA) is 34.4 Å². The Morgan fingerprint density at radius 1 is 1.00 bits per heavy atom. The van der Waals surface area contributed by atoms with Crippen molar-refractivity contribution in [3.8, 4) is 0 Å². The van der Waals surface area contributed by atoms with Crippen LogP contribution in [0.3, 0.4) is 0 Å². The van der Waals surface area contributed by atoms with Gasteiger partial charge in [0.2, 0.25) is 0 Å². The zero-order valence-corrected chi connectivity index (χ0v) is 18.1. The first-order chi connectivity index (χ1) is 7.22. The summed E-state index contributed by atoms with van der Waals surface area (Å²) < 4.78 is 0. The Morgan fingerprint density at radius 3 is 1.50 bits per heavy atom. The first-order valence-electron chi connectivity index (χ1n) is 6.15. The van der Waals surface area contributed by atoms with Crippen LogP contribution in [-0.2, 0) is 0 Å². The van der Waals surface area contributed by atoms with Crippen molar-refractivity contribution in [3.63, 3.8) is 0 Å². The van der Waals surface area contributed by atoms with Gasteiger partial charge in [-0.05, 0) is 0 Å². The summed E-state index contributed by atoms with van der Waals surface area (Å²) in [6.07, 6.45) is 0. The van der Waals surface area contributed by atoms with Crippen LogP contribution in [0.15, 0.2) is 0 Å². The summed E-state index contributed by atoms with van der Waals surface area (Å²) in [5, 5.41) is 3.68. The number of hydrogen-bond acceptors (Lipinski definition) is 1. The second-order valence-electron chi connectivity index (χ2n) is 1.77. The van der Waals surface area contributed by atoms with Crippen molar-refractivity contribution in [2.24, 2.45) is 0 Å². The van der Waals surface area contributed by atoms with Crippen LogP contribution in [0, 0.1) is 0 Å². The average molecular weight is 305 g/mol. The van der Waals surface area contributed by atoms with E-state index in [1.165, 1.54) is 0 Å². The molecule has 0 radical (unpaired) electrons. The largest absolute Gasteiger partial charge is 1.00 e. The molecule has 0 aliphatic heterocycles. The standard InChI is InChI=1S/C6H14N2O.3C2H6.Rb/c1-4-7-6(9)8(3)5-2;3*1-2;/h4-5H2,1-3H3,(H,7,9);3*1-2H3;/q;;;;+1/p-1. The van der Waals surface area contributed by atoms with Crippen LogP contribution in [0.25, 0.3) is 5.32 Å². The molecule has 0 N–H and O–H groups in total. The zero-order valence-electron chi connectivity index (χ0n) is 13.2. The van der Waals surface area contributed by atoms with Crippen LogP contribution in [0.4, 0.5) is 4.79 Å². The summed E-state index contributed by atoms with van der Waals surface area (Å²) in [6.45, 7) is 17.1. The van der Waals surface area contributed by atoms with Gasteiger partial charge in [0.25, 0.3) is 0 Å². The smallest absolute Gasteiger partial charge is 0.440 e. The Kier molecular flexibility index (Phi) is 68.1. The molecule has 96 valence electrons. The molecule has 0 fully saturated rings. The number of hydrogen-bond donors (Lipinski definition) is 0. The molecule has 0 saturated heterocycles. The van der Waals surface area contributed by atoms with Crippen LogP contribution in [-0.4, -0.2) is 31.1 Å². The van der Waals surface area contributed by atoms with Crippen LogP contribution >= 0.6 is 0 Å². The Balaban J connectivity index is -0.0000000498. The summed E-state index contributed by atoms with van der Waals surface area (Å²) in [4.78, 5) is 12.3. The monoisotopic (exact) mass is 304 g/mol. The molecule has 0 aromatic rings. The molecule has 0 rings (SSSR count). The quantitative estimate of drug-likeness (QED) is 0.762. The molecule has 0 spiro atoms. The fourth-order valence-electron chi connectivity index (χ4n) is 0.391. The molecule has 0 atom stereocenters. The van der Waals surface area contributed by atoms with Crippen molar-refractivity contribution < 1.29 is 63.0 Å². The van der Waals surface area contributed by atoms with Gasteiger partial charge in [-0.25, -0.2) is 0 Å². The van der Waals surface area contributed by atoms with Crippen LogP contribution in [0.1, 0.15) is 55.4 Å². The summed E-state index contributed by atoms with van der Waals surface area (Å²) in [6, 6.07) is -0.125. The second kappa shape index (κ2) is 36.0. The minimum Gasteiger partial charge on any atom is -0.440 e. The molecule has 0 saturated carbocycles. The third-order valence-electron chi connectivity index (χ3n) is 1.09. The molecule has 0 bridgehead atoms. The molecular formula is C12H31N2ORb. The van der Waals surface area contributed by atoms with Gasteiger partial charge in [0.05, 0.1) is 0 Å². The number of nitrogens with zero attached hydrogens (tertiary/aromatic N) is 2. The van der Waals surface area contributed by atoms with E-state index in [2.05, 4.69) is 5.32 Å². The molecule has 0 aromatic carbocycles. The molecule has 16 heavy (non-hydrogen) atoms. The molecule has 0 aliphatic carbocycles. The summed E-state index contributed by atoms with van der Waals surface area (Å²) >= 11 is 0. The molecular weight excluding hydrogens is 274 g/mol. The zero-order chi connectivity index (χ0) is 13.3. The van der Waals surface area contributed by atoms with E-state index in [1.807, 2.05) is 55.4 Å². The van der Waals surface area contributed by atoms with Crippen molar-refractivity contribution >= 4 is 6.03 Å². The third kappa shape index (κ3) is 29.4. The summed E-state index contributed by atoms with van der Waals surface area (Å²) in [7, 11) is 1.74. The first-order valence-corrected chi connectivity index (χ1v) is 6.15. The van der Waals surface area contributed by atoms with Gasteiger partial charge in [0, 0.05) is 0 Å². The molecule has 3 nitrogen and oxygen atoms in total. The summed E-state index contributed by atoms with van der Waals surface area (Å²) in [5.41, 5.74) is 0. The Labute approximate surface area is 153 Å². The van der Waals surface area contributed by atoms with Gasteiger partial charge in [-0.1, -0.05) is 75.5 Å². The van der Waals surface area contributed by atoms with Crippen molar-refractivity contribution in [1.82, 2.24) is 4.90 Å². The van der Waals surface area contributed by atoms with Crippen LogP contribution in [0.2, 0.25) is 0 Å². The fraction of sp³-hybridized carbons (Fsp3) is 0.917. The number of amides is 2. The van der Waals surface area contributed by atoms with Crippen molar-refractivity contribution in [2.45, 2.75) is 55.4 Å². The Bertz CT molecular complexity index is 101. The van der Waals surface area contributed by atoms with E-state index < -0.39 is 0 Å². The second-order valence-corrected chi connectivity index (χ2v) is 1.77. The minimum atomic E-state index is -0.125. The van der Waals surface area contributed by atoms with Gasteiger partial charge < -0.3 is 10.2 Å². The Morgan fingerprint density at radius 2 is 1.31 bits per heavy atom. The molecule has 0 heterocycles. The average Bonchev–Trinajstić information content (AvgIpc) is 2.36. The van der Waals surface area contributed by atoms with E-state index in [-0.39, 0.29) is 64.2 Å².